The largest absolute Gasteiger partial charge is 0.351 e. The summed E-state index contributed by atoms with van der Waals surface area (Å²) in [7, 11) is 0. The Kier molecular flexibility index (Phi) is 4.58. The van der Waals surface area contributed by atoms with Crippen molar-refractivity contribution in [3.8, 4) is 5.69 Å². The Labute approximate surface area is 175 Å². The van der Waals surface area contributed by atoms with Crippen LogP contribution >= 0.6 is 12.2 Å². The van der Waals surface area contributed by atoms with Gasteiger partial charge < -0.3 is 14.8 Å². The normalized spacial score (nSPS) is 18.6. The quantitative estimate of drug-likeness (QED) is 0.490. The summed E-state index contributed by atoms with van der Waals surface area (Å²) >= 11 is 5.76. The fourth-order valence-corrected chi connectivity index (χ4v) is 4.26. The van der Waals surface area contributed by atoms with E-state index in [0.29, 0.717) is 5.11 Å². The van der Waals surface area contributed by atoms with E-state index in [1.165, 1.54) is 5.56 Å². The van der Waals surface area contributed by atoms with Crippen LogP contribution in [0.3, 0.4) is 0 Å². The third-order valence-corrected chi connectivity index (χ3v) is 5.56. The molecule has 0 spiro atoms. The van der Waals surface area contributed by atoms with Gasteiger partial charge in [0.25, 0.3) is 0 Å². The number of benzene rings is 2. The van der Waals surface area contributed by atoms with Gasteiger partial charge in [0.2, 0.25) is 0 Å². The molecule has 1 fully saturated rings. The first kappa shape index (κ1) is 17.6. The van der Waals surface area contributed by atoms with E-state index in [0.717, 1.165) is 17.1 Å². The average Bonchev–Trinajstić information content (AvgIpc) is 3.40. The van der Waals surface area contributed by atoms with Crippen molar-refractivity contribution in [3.05, 3.63) is 115 Å². The third-order valence-electron chi connectivity index (χ3n) is 5.24. The predicted molar refractivity (Wildman–Crippen MR) is 120 cm³/mol. The van der Waals surface area contributed by atoms with Gasteiger partial charge in [-0.15, -0.1) is 0 Å². The Morgan fingerprint density at radius 1 is 0.793 bits per heavy atom. The summed E-state index contributed by atoms with van der Waals surface area (Å²) in [6, 6.07) is 28.8. The Hall–Kier alpha value is -3.44. The minimum atomic E-state index is -0.0319. The molecule has 0 amide bonds. The van der Waals surface area contributed by atoms with Crippen molar-refractivity contribution < 1.29 is 0 Å². The zero-order valence-electron chi connectivity index (χ0n) is 15.7. The highest BCUT2D eigenvalue weighted by atomic mass is 32.1. The van der Waals surface area contributed by atoms with Crippen molar-refractivity contribution in [1.29, 1.82) is 0 Å². The number of rotatable bonds is 4. The van der Waals surface area contributed by atoms with E-state index in [1.54, 1.807) is 0 Å². The van der Waals surface area contributed by atoms with Crippen LogP contribution in [0.5, 0.6) is 0 Å². The predicted octanol–water partition coefficient (Wildman–Crippen LogP) is 5.05. The smallest absolute Gasteiger partial charge is 0.174 e. The van der Waals surface area contributed by atoms with Gasteiger partial charge >= 0.3 is 0 Å². The molecule has 3 heterocycles. The van der Waals surface area contributed by atoms with Crippen molar-refractivity contribution in [1.82, 2.24) is 14.9 Å². The molecule has 2 aromatic carbocycles. The number of nitrogens with zero attached hydrogens (tertiary/aromatic N) is 3. The Bertz CT molecular complexity index is 1110. The molecule has 0 radical (unpaired) electrons. The van der Waals surface area contributed by atoms with Gasteiger partial charge in [0.1, 0.15) is 0 Å². The van der Waals surface area contributed by atoms with Crippen molar-refractivity contribution >= 4 is 23.0 Å². The van der Waals surface area contributed by atoms with Gasteiger partial charge in [-0.05, 0) is 60.2 Å². The summed E-state index contributed by atoms with van der Waals surface area (Å²) < 4.78 is 2.15. The summed E-state index contributed by atoms with van der Waals surface area (Å²) in [4.78, 5) is 6.80. The summed E-state index contributed by atoms with van der Waals surface area (Å²) in [6.45, 7) is 0. The number of anilines is 1. The van der Waals surface area contributed by atoms with Crippen molar-refractivity contribution in [2.45, 2.75) is 12.1 Å². The molecule has 5 rings (SSSR count). The fourth-order valence-electron chi connectivity index (χ4n) is 3.91. The highest BCUT2D eigenvalue weighted by molar-refractivity contribution is 7.80. The molecular weight excluding hydrogens is 376 g/mol. The molecule has 1 saturated heterocycles. The lowest BCUT2D eigenvalue weighted by Gasteiger charge is -2.27. The molecular formula is C24H20N4S. The molecule has 0 aliphatic carbocycles. The molecule has 0 saturated carbocycles. The van der Waals surface area contributed by atoms with Crippen LogP contribution in [0.15, 0.2) is 104 Å². The van der Waals surface area contributed by atoms with Gasteiger partial charge in [-0.2, -0.15) is 0 Å². The van der Waals surface area contributed by atoms with E-state index in [9.17, 15) is 0 Å². The third kappa shape index (κ3) is 3.30. The number of para-hydroxylation sites is 2. The molecule has 0 bridgehead atoms. The first-order valence-corrected chi connectivity index (χ1v) is 10.0. The number of thiocarbonyl (C=S) groups is 1. The van der Waals surface area contributed by atoms with Crippen LogP contribution in [-0.2, 0) is 0 Å². The molecule has 4 nitrogen and oxygen atoms in total. The first-order valence-electron chi connectivity index (χ1n) is 9.60. The first-order chi connectivity index (χ1) is 14.3. The molecule has 2 aromatic heterocycles. The van der Waals surface area contributed by atoms with Crippen LogP contribution in [0.1, 0.15) is 23.3 Å². The van der Waals surface area contributed by atoms with E-state index in [1.807, 2.05) is 54.7 Å². The van der Waals surface area contributed by atoms with Gasteiger partial charge in [0, 0.05) is 30.0 Å². The molecule has 1 N–H and O–H groups in total. The SMILES string of the molecule is S=C1NC(c2ccccn2)C(c2ccn(-c3ccccc3)c2)N1c1ccccc1. The van der Waals surface area contributed by atoms with Gasteiger partial charge in [-0.1, -0.05) is 42.5 Å². The minimum Gasteiger partial charge on any atom is -0.351 e. The van der Waals surface area contributed by atoms with E-state index in [2.05, 4.69) is 68.6 Å². The summed E-state index contributed by atoms with van der Waals surface area (Å²) in [5, 5.41) is 4.21. The van der Waals surface area contributed by atoms with E-state index >= 15 is 0 Å². The van der Waals surface area contributed by atoms with Crippen LogP contribution < -0.4 is 10.2 Å². The maximum atomic E-state index is 5.76. The second kappa shape index (κ2) is 7.53. The maximum absolute atomic E-state index is 5.76. The fraction of sp³-hybridized carbons (Fsp3) is 0.0833. The van der Waals surface area contributed by atoms with Crippen molar-refractivity contribution in [2.75, 3.05) is 4.90 Å². The van der Waals surface area contributed by atoms with Gasteiger partial charge in [0.15, 0.2) is 5.11 Å². The molecule has 5 heteroatoms. The second-order valence-electron chi connectivity index (χ2n) is 7.02. The standard InChI is InChI=1S/C24H20N4S/c29-24-26-22(21-13-7-8-15-25-21)23(28(24)20-11-5-2-6-12-20)18-14-16-27(17-18)19-9-3-1-4-10-19/h1-17,22-23H,(H,26,29). The molecule has 2 atom stereocenters. The van der Waals surface area contributed by atoms with Crippen molar-refractivity contribution in [3.63, 3.8) is 0 Å². The second-order valence-corrected chi connectivity index (χ2v) is 7.41. The number of pyridine rings is 1. The van der Waals surface area contributed by atoms with Gasteiger partial charge in [-0.3, -0.25) is 4.98 Å². The number of aromatic nitrogens is 2. The van der Waals surface area contributed by atoms with Gasteiger partial charge in [0.05, 0.1) is 17.8 Å². The number of hydrogen-bond donors (Lipinski definition) is 1. The van der Waals surface area contributed by atoms with E-state index < -0.39 is 0 Å². The van der Waals surface area contributed by atoms with E-state index in [4.69, 9.17) is 12.2 Å². The van der Waals surface area contributed by atoms with Crippen LogP contribution in [0.4, 0.5) is 5.69 Å². The van der Waals surface area contributed by atoms with Crippen molar-refractivity contribution in [2.24, 2.45) is 0 Å². The zero-order valence-corrected chi connectivity index (χ0v) is 16.5. The summed E-state index contributed by atoms with van der Waals surface area (Å²) in [5.41, 5.74) is 4.36. The summed E-state index contributed by atoms with van der Waals surface area (Å²) in [5.74, 6) is 0. The Morgan fingerprint density at radius 3 is 2.17 bits per heavy atom. The lowest BCUT2D eigenvalue weighted by Crippen LogP contribution is -2.29. The molecule has 29 heavy (non-hydrogen) atoms. The van der Waals surface area contributed by atoms with Crippen LogP contribution in [0, 0.1) is 0 Å². The minimum absolute atomic E-state index is 0.00441. The maximum Gasteiger partial charge on any atom is 0.174 e. The number of hydrogen-bond acceptors (Lipinski definition) is 2. The Morgan fingerprint density at radius 2 is 1.48 bits per heavy atom. The lowest BCUT2D eigenvalue weighted by molar-refractivity contribution is 0.568. The molecule has 4 aromatic rings. The topological polar surface area (TPSA) is 33.1 Å². The lowest BCUT2D eigenvalue weighted by atomic mass is 9.98. The highest BCUT2D eigenvalue weighted by Gasteiger charge is 2.40. The Balaban J connectivity index is 1.60. The molecule has 142 valence electrons. The highest BCUT2D eigenvalue weighted by Crippen LogP contribution is 2.41. The average molecular weight is 397 g/mol. The van der Waals surface area contributed by atoms with Crippen LogP contribution in [-0.4, -0.2) is 14.7 Å². The molecule has 1 aliphatic heterocycles. The monoisotopic (exact) mass is 396 g/mol. The summed E-state index contributed by atoms with van der Waals surface area (Å²) in [6.07, 6.45) is 6.11. The number of nitrogens with one attached hydrogen (secondary N) is 1. The molecule has 1 aliphatic rings. The van der Waals surface area contributed by atoms with Crippen LogP contribution in [0.25, 0.3) is 5.69 Å². The van der Waals surface area contributed by atoms with E-state index in [-0.39, 0.29) is 12.1 Å². The van der Waals surface area contributed by atoms with Crippen LogP contribution in [0.2, 0.25) is 0 Å². The molecule has 2 unspecified atom stereocenters. The zero-order chi connectivity index (χ0) is 19.6. The van der Waals surface area contributed by atoms with Gasteiger partial charge in [-0.25, -0.2) is 0 Å².